The summed E-state index contributed by atoms with van der Waals surface area (Å²) < 4.78 is 26.3. The zero-order valence-corrected chi connectivity index (χ0v) is 21.4. The third-order valence-electron chi connectivity index (χ3n) is 6.08. The minimum Gasteiger partial charge on any atom is -0.352 e. The van der Waals surface area contributed by atoms with Gasteiger partial charge in [-0.3, -0.25) is 13.9 Å². The third kappa shape index (κ3) is 6.96. The summed E-state index contributed by atoms with van der Waals surface area (Å²) in [7, 11) is -3.74. The SMILES string of the molecule is Cc1cccc(N(CC(=O)N(Cc2cccc(Cl)c2)C(C)C(=O)NC2CCCC2)S(C)(=O)=O)c1. The third-order valence-corrected chi connectivity index (χ3v) is 7.46. The van der Waals surface area contributed by atoms with E-state index in [0.717, 1.165) is 47.4 Å². The molecule has 2 aromatic carbocycles. The van der Waals surface area contributed by atoms with Crippen molar-refractivity contribution in [3.05, 3.63) is 64.7 Å². The molecule has 9 heteroatoms. The lowest BCUT2D eigenvalue weighted by molar-refractivity contribution is -0.139. The van der Waals surface area contributed by atoms with E-state index in [1.807, 2.05) is 19.1 Å². The molecule has 0 radical (unpaired) electrons. The van der Waals surface area contributed by atoms with Gasteiger partial charge < -0.3 is 10.2 Å². The van der Waals surface area contributed by atoms with Gasteiger partial charge in [0.25, 0.3) is 0 Å². The Morgan fingerprint density at radius 3 is 2.41 bits per heavy atom. The average Bonchev–Trinajstić information content (AvgIpc) is 3.27. The predicted octanol–water partition coefficient (Wildman–Crippen LogP) is 3.89. The van der Waals surface area contributed by atoms with Gasteiger partial charge in [0.1, 0.15) is 12.6 Å². The van der Waals surface area contributed by atoms with Crippen LogP contribution in [0.5, 0.6) is 0 Å². The molecule has 1 aliphatic carbocycles. The number of nitrogens with zero attached hydrogens (tertiary/aromatic N) is 2. The number of rotatable bonds is 9. The van der Waals surface area contributed by atoms with Crippen LogP contribution in [-0.2, 0) is 26.2 Å². The first kappa shape index (κ1) is 26.0. The first-order valence-electron chi connectivity index (χ1n) is 11.4. The van der Waals surface area contributed by atoms with E-state index in [-0.39, 0.29) is 18.5 Å². The number of carbonyl (C=O) groups is 2. The van der Waals surface area contributed by atoms with E-state index >= 15 is 0 Å². The molecule has 1 saturated carbocycles. The normalized spacial score (nSPS) is 15.1. The first-order valence-corrected chi connectivity index (χ1v) is 13.7. The van der Waals surface area contributed by atoms with Crippen LogP contribution < -0.4 is 9.62 Å². The molecule has 1 N–H and O–H groups in total. The van der Waals surface area contributed by atoms with Crippen molar-refractivity contribution in [2.75, 3.05) is 17.1 Å². The van der Waals surface area contributed by atoms with Crippen molar-refractivity contribution in [1.29, 1.82) is 0 Å². The number of aryl methyl sites for hydroxylation is 1. The zero-order chi connectivity index (χ0) is 24.9. The highest BCUT2D eigenvalue weighted by Crippen LogP contribution is 2.22. The van der Waals surface area contributed by atoms with Crippen LogP contribution in [-0.4, -0.2) is 50.0 Å². The molecule has 34 heavy (non-hydrogen) atoms. The molecule has 7 nitrogen and oxygen atoms in total. The Hall–Kier alpha value is -2.58. The summed E-state index contributed by atoms with van der Waals surface area (Å²) in [6.45, 7) is 3.24. The number of amides is 2. The van der Waals surface area contributed by atoms with E-state index in [9.17, 15) is 18.0 Å². The molecule has 2 aromatic rings. The van der Waals surface area contributed by atoms with Crippen molar-refractivity contribution in [3.8, 4) is 0 Å². The maximum Gasteiger partial charge on any atom is 0.244 e. The van der Waals surface area contributed by atoms with Crippen LogP contribution in [0, 0.1) is 6.92 Å². The Labute approximate surface area is 207 Å². The van der Waals surface area contributed by atoms with Gasteiger partial charge in [0.05, 0.1) is 11.9 Å². The number of hydrogen-bond acceptors (Lipinski definition) is 4. The summed E-state index contributed by atoms with van der Waals surface area (Å²) in [4.78, 5) is 28.0. The summed E-state index contributed by atoms with van der Waals surface area (Å²) in [5.41, 5.74) is 2.03. The molecule has 1 aliphatic rings. The molecule has 0 bridgehead atoms. The minimum atomic E-state index is -3.74. The average molecular weight is 506 g/mol. The van der Waals surface area contributed by atoms with Gasteiger partial charge in [-0.05, 0) is 62.1 Å². The van der Waals surface area contributed by atoms with Crippen molar-refractivity contribution in [1.82, 2.24) is 10.2 Å². The van der Waals surface area contributed by atoms with Crippen LogP contribution in [0.15, 0.2) is 48.5 Å². The highest BCUT2D eigenvalue weighted by atomic mass is 35.5. The molecule has 0 heterocycles. The smallest absolute Gasteiger partial charge is 0.244 e. The molecule has 0 spiro atoms. The van der Waals surface area contributed by atoms with Crippen LogP contribution >= 0.6 is 11.6 Å². The second-order valence-corrected chi connectivity index (χ2v) is 11.3. The Balaban J connectivity index is 1.88. The van der Waals surface area contributed by atoms with Gasteiger partial charge in [0, 0.05) is 17.6 Å². The van der Waals surface area contributed by atoms with E-state index in [2.05, 4.69) is 5.32 Å². The summed E-state index contributed by atoms with van der Waals surface area (Å²) in [6.07, 6.45) is 5.07. The number of halogens is 1. The van der Waals surface area contributed by atoms with Gasteiger partial charge in [-0.1, -0.05) is 48.7 Å². The van der Waals surface area contributed by atoms with Gasteiger partial charge in [0.15, 0.2) is 0 Å². The molecule has 0 aliphatic heterocycles. The van der Waals surface area contributed by atoms with Crippen LogP contribution in [0.2, 0.25) is 5.02 Å². The Kier molecular flexibility index (Phi) is 8.60. The lowest BCUT2D eigenvalue weighted by Gasteiger charge is -2.32. The first-order chi connectivity index (χ1) is 16.0. The number of anilines is 1. The summed E-state index contributed by atoms with van der Waals surface area (Å²) in [6, 6.07) is 13.4. The quantitative estimate of drug-likeness (QED) is 0.560. The van der Waals surface area contributed by atoms with Crippen molar-refractivity contribution in [2.24, 2.45) is 0 Å². The molecule has 2 amide bonds. The van der Waals surface area contributed by atoms with Crippen LogP contribution in [0.4, 0.5) is 5.69 Å². The number of carbonyl (C=O) groups excluding carboxylic acids is 2. The fourth-order valence-electron chi connectivity index (χ4n) is 4.20. The van der Waals surface area contributed by atoms with Crippen LogP contribution in [0.25, 0.3) is 0 Å². The van der Waals surface area contributed by atoms with Crippen LogP contribution in [0.1, 0.15) is 43.7 Å². The van der Waals surface area contributed by atoms with E-state index in [1.54, 1.807) is 43.3 Å². The molecule has 1 atom stereocenters. The number of sulfonamides is 1. The van der Waals surface area contributed by atoms with E-state index in [0.29, 0.717) is 10.7 Å². The molecule has 3 rings (SSSR count). The van der Waals surface area contributed by atoms with Gasteiger partial charge in [-0.25, -0.2) is 8.42 Å². The Morgan fingerprint density at radius 2 is 1.79 bits per heavy atom. The van der Waals surface area contributed by atoms with Crippen molar-refractivity contribution in [2.45, 2.75) is 58.2 Å². The Morgan fingerprint density at radius 1 is 1.12 bits per heavy atom. The molecule has 0 aromatic heterocycles. The minimum absolute atomic E-state index is 0.109. The molecule has 1 unspecified atom stereocenters. The largest absolute Gasteiger partial charge is 0.352 e. The van der Waals surface area contributed by atoms with Crippen molar-refractivity contribution in [3.63, 3.8) is 0 Å². The second-order valence-electron chi connectivity index (χ2n) is 8.93. The van der Waals surface area contributed by atoms with Crippen molar-refractivity contribution >= 4 is 39.1 Å². The van der Waals surface area contributed by atoms with Crippen molar-refractivity contribution < 1.29 is 18.0 Å². The summed E-state index contributed by atoms with van der Waals surface area (Å²) in [5, 5.41) is 3.56. The lowest BCUT2D eigenvalue weighted by atomic mass is 10.1. The van der Waals surface area contributed by atoms with Crippen LogP contribution in [0.3, 0.4) is 0 Å². The van der Waals surface area contributed by atoms with E-state index in [4.69, 9.17) is 11.6 Å². The Bertz CT molecular complexity index is 1130. The van der Waals surface area contributed by atoms with E-state index in [1.165, 1.54) is 4.90 Å². The van der Waals surface area contributed by atoms with Gasteiger partial charge in [0.2, 0.25) is 21.8 Å². The van der Waals surface area contributed by atoms with E-state index < -0.39 is 28.5 Å². The topological polar surface area (TPSA) is 86.8 Å². The number of hydrogen-bond donors (Lipinski definition) is 1. The summed E-state index contributed by atoms with van der Waals surface area (Å²) >= 11 is 6.13. The second kappa shape index (κ2) is 11.2. The molecule has 184 valence electrons. The standard InChI is InChI=1S/C25H32ClN3O4S/c1-18-8-6-13-23(14-18)29(34(3,32)33)17-24(30)28(16-20-9-7-10-21(26)15-20)19(2)25(31)27-22-11-4-5-12-22/h6-10,13-15,19,22H,4-5,11-12,16-17H2,1-3H3,(H,27,31). The maximum absolute atomic E-state index is 13.5. The number of nitrogens with one attached hydrogen (secondary N) is 1. The highest BCUT2D eigenvalue weighted by Gasteiger charge is 2.31. The lowest BCUT2D eigenvalue weighted by Crippen LogP contribution is -2.52. The zero-order valence-electron chi connectivity index (χ0n) is 19.8. The highest BCUT2D eigenvalue weighted by molar-refractivity contribution is 7.92. The number of benzene rings is 2. The molecular weight excluding hydrogens is 474 g/mol. The monoisotopic (exact) mass is 505 g/mol. The van der Waals surface area contributed by atoms with Gasteiger partial charge in [-0.15, -0.1) is 0 Å². The van der Waals surface area contributed by atoms with Gasteiger partial charge in [-0.2, -0.15) is 0 Å². The predicted molar refractivity (Wildman–Crippen MR) is 135 cm³/mol. The molecular formula is C25H32ClN3O4S. The molecule has 0 saturated heterocycles. The fraction of sp³-hybridized carbons (Fsp3) is 0.440. The fourth-order valence-corrected chi connectivity index (χ4v) is 5.26. The molecule has 1 fully saturated rings. The van der Waals surface area contributed by atoms with Gasteiger partial charge >= 0.3 is 0 Å². The summed E-state index contributed by atoms with van der Waals surface area (Å²) in [5.74, 6) is -0.718. The maximum atomic E-state index is 13.5.